The third kappa shape index (κ3) is 3.49. The van der Waals surface area contributed by atoms with Crippen LogP contribution in [0.5, 0.6) is 17.2 Å². The summed E-state index contributed by atoms with van der Waals surface area (Å²) in [4.78, 5) is 15.4. The minimum atomic E-state index is -1.54. The average molecular weight is 442 g/mol. The van der Waals surface area contributed by atoms with Crippen LogP contribution in [0.2, 0.25) is 0 Å². The fourth-order valence-electron chi connectivity index (χ4n) is 3.23. The Hall–Kier alpha value is -1.76. The zero-order chi connectivity index (χ0) is 20.5. The number of benzene rings is 2. The first-order chi connectivity index (χ1) is 13.4. The number of hydrogen-bond donors (Lipinski definition) is 0. The van der Waals surface area contributed by atoms with Gasteiger partial charge in [-0.2, -0.15) is 0 Å². The van der Waals surface area contributed by atoms with Gasteiger partial charge in [-0.15, -0.1) is 11.8 Å². The fourth-order valence-corrected chi connectivity index (χ4v) is 4.53. The largest absolute Gasteiger partial charge is 0.493 e. The number of alkyl halides is 2. The number of halogens is 2. The topological polar surface area (TPSA) is 48.0 Å². The van der Waals surface area contributed by atoms with Crippen LogP contribution in [0.15, 0.2) is 41.3 Å². The third-order valence-corrected chi connectivity index (χ3v) is 6.17. The number of amides is 1. The number of anilines is 1. The number of ether oxygens (including phenoxy) is 3. The predicted octanol–water partition coefficient (Wildman–Crippen LogP) is 5.09. The van der Waals surface area contributed by atoms with Gasteiger partial charge in [-0.3, -0.25) is 9.69 Å². The number of rotatable bonds is 7. The molecule has 0 aliphatic carbocycles. The van der Waals surface area contributed by atoms with Crippen LogP contribution in [0, 0.1) is 0 Å². The van der Waals surface area contributed by atoms with E-state index in [4.69, 9.17) is 37.4 Å². The molecule has 5 nitrogen and oxygen atoms in total. The molecule has 3 rings (SSSR count). The molecule has 2 aromatic carbocycles. The number of β-lactam (4-membered cyclic amide) rings is 1. The molecule has 150 valence electrons. The van der Waals surface area contributed by atoms with Crippen LogP contribution in [-0.4, -0.2) is 37.3 Å². The van der Waals surface area contributed by atoms with E-state index in [0.717, 1.165) is 16.2 Å². The number of nitrogens with zero attached hydrogens (tertiary/aromatic N) is 1. The highest BCUT2D eigenvalue weighted by molar-refractivity contribution is 7.99. The second kappa shape index (κ2) is 8.31. The zero-order valence-corrected chi connectivity index (χ0v) is 18.3. The second-order valence-corrected chi connectivity index (χ2v) is 8.81. The van der Waals surface area contributed by atoms with Gasteiger partial charge in [0.05, 0.1) is 27.0 Å². The van der Waals surface area contributed by atoms with Crippen LogP contribution < -0.4 is 19.1 Å². The summed E-state index contributed by atoms with van der Waals surface area (Å²) in [7, 11) is 4.57. The molecule has 1 fully saturated rings. The fraction of sp³-hybridized carbons (Fsp3) is 0.350. The maximum Gasteiger partial charge on any atom is 0.266 e. The summed E-state index contributed by atoms with van der Waals surface area (Å²) in [5.41, 5.74) is 1.41. The summed E-state index contributed by atoms with van der Waals surface area (Å²) in [6.07, 6.45) is 0. The van der Waals surface area contributed by atoms with Gasteiger partial charge in [-0.25, -0.2) is 0 Å². The van der Waals surface area contributed by atoms with Crippen LogP contribution in [0.25, 0.3) is 0 Å². The third-order valence-electron chi connectivity index (χ3n) is 4.54. The van der Waals surface area contributed by atoms with Crippen molar-refractivity contribution in [2.75, 3.05) is 32.0 Å². The van der Waals surface area contributed by atoms with Crippen LogP contribution in [0.3, 0.4) is 0 Å². The SMILES string of the molecule is CCSc1ccc(C2N(c3cc(OC)c(OC)c(OC)c3)C(=O)C2(Cl)Cl)cc1. The predicted molar refractivity (Wildman–Crippen MR) is 114 cm³/mol. The maximum absolute atomic E-state index is 12.7. The molecule has 1 saturated heterocycles. The molecule has 1 aliphatic rings. The Morgan fingerprint density at radius 3 is 2.07 bits per heavy atom. The molecule has 28 heavy (non-hydrogen) atoms. The normalized spacial score (nSPS) is 17.9. The molecule has 2 aromatic rings. The highest BCUT2D eigenvalue weighted by Gasteiger charge is 2.60. The van der Waals surface area contributed by atoms with Gasteiger partial charge in [-0.1, -0.05) is 42.3 Å². The summed E-state index contributed by atoms with van der Waals surface area (Å²) < 4.78 is 14.6. The van der Waals surface area contributed by atoms with E-state index < -0.39 is 16.3 Å². The lowest BCUT2D eigenvalue weighted by molar-refractivity contribution is -0.125. The van der Waals surface area contributed by atoms with Crippen molar-refractivity contribution in [3.63, 3.8) is 0 Å². The van der Waals surface area contributed by atoms with E-state index >= 15 is 0 Å². The van der Waals surface area contributed by atoms with Crippen molar-refractivity contribution in [1.82, 2.24) is 0 Å². The first kappa shape index (κ1) is 21.0. The van der Waals surface area contributed by atoms with Crippen LogP contribution in [-0.2, 0) is 4.79 Å². The number of carbonyl (C=O) groups is 1. The Morgan fingerprint density at radius 2 is 1.61 bits per heavy atom. The van der Waals surface area contributed by atoms with Crippen LogP contribution in [0.1, 0.15) is 18.5 Å². The Balaban J connectivity index is 2.03. The first-order valence-corrected chi connectivity index (χ1v) is 10.4. The molecule has 1 aliphatic heterocycles. The molecule has 0 bridgehead atoms. The lowest BCUT2D eigenvalue weighted by Gasteiger charge is -2.49. The Bertz CT molecular complexity index is 848. The van der Waals surface area contributed by atoms with Gasteiger partial charge in [0, 0.05) is 17.0 Å². The standard InChI is InChI=1S/C20H21Cl2NO4S/c1-5-28-14-8-6-12(7-9-14)18-20(21,22)19(24)23(18)13-10-15(25-2)17(27-4)16(11-13)26-3/h6-11,18H,5H2,1-4H3. The van der Waals surface area contributed by atoms with E-state index in [1.165, 1.54) is 21.3 Å². The molecule has 1 atom stereocenters. The quantitative estimate of drug-likeness (QED) is 0.340. The van der Waals surface area contributed by atoms with Gasteiger partial charge in [0.25, 0.3) is 5.91 Å². The monoisotopic (exact) mass is 441 g/mol. The zero-order valence-electron chi connectivity index (χ0n) is 16.0. The molecule has 0 saturated carbocycles. The van der Waals surface area contributed by atoms with Gasteiger partial charge >= 0.3 is 0 Å². The van der Waals surface area contributed by atoms with E-state index in [1.54, 1.807) is 28.8 Å². The molecule has 1 heterocycles. The number of carbonyl (C=O) groups excluding carboxylic acids is 1. The molecule has 1 amide bonds. The van der Waals surface area contributed by atoms with Gasteiger partial charge in [-0.05, 0) is 23.4 Å². The first-order valence-electron chi connectivity index (χ1n) is 8.63. The minimum absolute atomic E-state index is 0.401. The minimum Gasteiger partial charge on any atom is -0.493 e. The lowest BCUT2D eigenvalue weighted by Crippen LogP contribution is -2.62. The highest BCUT2D eigenvalue weighted by atomic mass is 35.5. The average Bonchev–Trinajstić information content (AvgIpc) is 2.71. The molecule has 0 N–H and O–H groups in total. The van der Waals surface area contributed by atoms with Crippen molar-refractivity contribution in [3.8, 4) is 17.2 Å². The van der Waals surface area contributed by atoms with Gasteiger partial charge in [0.15, 0.2) is 11.5 Å². The van der Waals surface area contributed by atoms with E-state index in [-0.39, 0.29) is 0 Å². The van der Waals surface area contributed by atoms with E-state index in [1.807, 2.05) is 24.3 Å². The van der Waals surface area contributed by atoms with Gasteiger partial charge in [0.2, 0.25) is 10.1 Å². The summed E-state index contributed by atoms with van der Waals surface area (Å²) in [6, 6.07) is 10.8. The molecular weight excluding hydrogens is 421 g/mol. The summed E-state index contributed by atoms with van der Waals surface area (Å²) >= 11 is 14.5. The van der Waals surface area contributed by atoms with Crippen LogP contribution in [0.4, 0.5) is 5.69 Å². The van der Waals surface area contributed by atoms with Crippen molar-refractivity contribution in [2.45, 2.75) is 22.2 Å². The Kier molecular flexibility index (Phi) is 6.22. The summed E-state index contributed by atoms with van der Waals surface area (Å²) in [5, 5.41) is 0. The van der Waals surface area contributed by atoms with Crippen molar-refractivity contribution >= 4 is 46.6 Å². The Labute approximate surface area is 178 Å². The van der Waals surface area contributed by atoms with Gasteiger partial charge < -0.3 is 14.2 Å². The molecule has 1 unspecified atom stereocenters. The van der Waals surface area contributed by atoms with Crippen molar-refractivity contribution < 1.29 is 19.0 Å². The summed E-state index contributed by atoms with van der Waals surface area (Å²) in [5.74, 6) is 1.91. The molecule has 0 aromatic heterocycles. The lowest BCUT2D eigenvalue weighted by atomic mass is 9.91. The molecule has 8 heteroatoms. The van der Waals surface area contributed by atoms with Crippen molar-refractivity contribution in [1.29, 1.82) is 0 Å². The second-order valence-electron chi connectivity index (χ2n) is 6.09. The number of methoxy groups -OCH3 is 3. The molecule has 0 radical (unpaired) electrons. The number of thioether (sulfide) groups is 1. The van der Waals surface area contributed by atoms with E-state index in [2.05, 4.69) is 6.92 Å². The smallest absolute Gasteiger partial charge is 0.266 e. The molecular formula is C20H21Cl2NO4S. The summed E-state index contributed by atoms with van der Waals surface area (Å²) in [6.45, 7) is 2.10. The maximum atomic E-state index is 12.7. The number of hydrogen-bond acceptors (Lipinski definition) is 5. The van der Waals surface area contributed by atoms with Crippen LogP contribution >= 0.6 is 35.0 Å². The Morgan fingerprint density at radius 1 is 1.04 bits per heavy atom. The van der Waals surface area contributed by atoms with Gasteiger partial charge in [0.1, 0.15) is 6.04 Å². The van der Waals surface area contributed by atoms with Crippen molar-refractivity contribution in [3.05, 3.63) is 42.0 Å². The van der Waals surface area contributed by atoms with E-state index in [0.29, 0.717) is 22.9 Å². The highest BCUT2D eigenvalue weighted by Crippen LogP contribution is 2.54. The molecule has 0 spiro atoms. The van der Waals surface area contributed by atoms with E-state index in [9.17, 15) is 4.79 Å². The van der Waals surface area contributed by atoms with Crippen molar-refractivity contribution in [2.24, 2.45) is 0 Å².